The van der Waals surface area contributed by atoms with Crippen LogP contribution in [0.25, 0.3) is 22.4 Å². The molecule has 10 heteroatoms. The topological polar surface area (TPSA) is 122 Å². The second-order valence-electron chi connectivity index (χ2n) is 6.59. The molecule has 0 aliphatic carbocycles. The number of benzene rings is 1. The molecule has 4 rings (SSSR count). The van der Waals surface area contributed by atoms with Crippen molar-refractivity contribution in [2.45, 2.75) is 20.8 Å². The van der Waals surface area contributed by atoms with Crippen molar-refractivity contribution in [1.82, 2.24) is 10.1 Å². The number of rotatable bonds is 4. The number of carbonyl (C=O) groups excluding carboxylic acids is 1. The first-order valence-electron chi connectivity index (χ1n) is 8.75. The van der Waals surface area contributed by atoms with Crippen molar-refractivity contribution in [2.75, 3.05) is 0 Å². The maximum atomic E-state index is 13.6. The number of carbonyl (C=O) groups is 1. The molecule has 3 heterocycles. The molecule has 9 nitrogen and oxygen atoms in total. The lowest BCUT2D eigenvalue weighted by molar-refractivity contribution is -0.385. The Morgan fingerprint density at radius 1 is 1.20 bits per heavy atom. The summed E-state index contributed by atoms with van der Waals surface area (Å²) < 4.78 is 29.5. The lowest BCUT2D eigenvalue weighted by Crippen LogP contribution is -2.11. The fourth-order valence-corrected chi connectivity index (χ4v) is 3.15. The predicted octanol–water partition coefficient (Wildman–Crippen LogP) is 4.67. The monoisotopic (exact) mass is 411 g/mol. The molecule has 0 unspecified atom stereocenters. The third-order valence-electron chi connectivity index (χ3n) is 4.48. The van der Waals surface area contributed by atoms with E-state index in [4.69, 9.17) is 13.7 Å². The van der Waals surface area contributed by atoms with Gasteiger partial charge >= 0.3 is 11.7 Å². The fourth-order valence-electron chi connectivity index (χ4n) is 3.15. The van der Waals surface area contributed by atoms with Crippen LogP contribution in [0.2, 0.25) is 0 Å². The second kappa shape index (κ2) is 7.07. The number of nitro benzene ring substituents is 1. The number of fused-ring (bicyclic) bond motifs is 1. The minimum atomic E-state index is -0.943. The van der Waals surface area contributed by atoms with Crippen molar-refractivity contribution < 1.29 is 27.8 Å². The molecule has 0 atom stereocenters. The Morgan fingerprint density at radius 3 is 2.63 bits per heavy atom. The molecular weight excluding hydrogens is 397 g/mol. The van der Waals surface area contributed by atoms with Crippen molar-refractivity contribution in [3.8, 4) is 17.0 Å². The summed E-state index contributed by atoms with van der Waals surface area (Å²) in [6.07, 6.45) is 0. The van der Waals surface area contributed by atoms with Crippen LogP contribution in [0.15, 0.2) is 39.3 Å². The van der Waals surface area contributed by atoms with Crippen molar-refractivity contribution in [3.63, 3.8) is 0 Å². The van der Waals surface area contributed by atoms with Gasteiger partial charge in [0.1, 0.15) is 17.3 Å². The number of furan rings is 1. The molecule has 1 aromatic carbocycles. The summed E-state index contributed by atoms with van der Waals surface area (Å²) in [6, 6.07) is 5.82. The van der Waals surface area contributed by atoms with Crippen LogP contribution < -0.4 is 4.74 Å². The van der Waals surface area contributed by atoms with E-state index in [1.165, 1.54) is 6.07 Å². The summed E-state index contributed by atoms with van der Waals surface area (Å²) >= 11 is 0. The number of ether oxygens (including phenoxy) is 1. The van der Waals surface area contributed by atoms with Gasteiger partial charge in [-0.2, -0.15) is 0 Å². The Balaban J connectivity index is 1.85. The van der Waals surface area contributed by atoms with Gasteiger partial charge in [-0.1, -0.05) is 5.16 Å². The van der Waals surface area contributed by atoms with Crippen LogP contribution >= 0.6 is 0 Å². The number of hydrogen-bond donors (Lipinski definition) is 0. The molecule has 0 aliphatic rings. The van der Waals surface area contributed by atoms with Crippen LogP contribution in [0.4, 0.5) is 10.1 Å². The third kappa shape index (κ3) is 3.28. The molecule has 0 fully saturated rings. The van der Waals surface area contributed by atoms with Gasteiger partial charge in [0.25, 0.3) is 5.71 Å². The minimum absolute atomic E-state index is 0.0190. The molecule has 0 amide bonds. The van der Waals surface area contributed by atoms with E-state index in [2.05, 4.69) is 10.1 Å². The molecule has 0 aliphatic heterocycles. The Labute approximate surface area is 168 Å². The molecule has 30 heavy (non-hydrogen) atoms. The Bertz CT molecular complexity index is 1320. The maximum Gasteiger partial charge on any atom is 0.344 e. The largest absolute Gasteiger partial charge is 0.466 e. The molecule has 0 saturated heterocycles. The Morgan fingerprint density at radius 2 is 1.97 bits per heavy atom. The molecule has 0 saturated carbocycles. The van der Waals surface area contributed by atoms with Gasteiger partial charge in [0.15, 0.2) is 0 Å². The summed E-state index contributed by atoms with van der Waals surface area (Å²) in [7, 11) is 0. The van der Waals surface area contributed by atoms with Gasteiger partial charge in [-0.15, -0.1) is 0 Å². The average Bonchev–Trinajstić information content (AvgIpc) is 3.22. The molecule has 0 spiro atoms. The van der Waals surface area contributed by atoms with Gasteiger partial charge in [-0.25, -0.2) is 14.2 Å². The van der Waals surface area contributed by atoms with Crippen LogP contribution in [0, 0.1) is 36.7 Å². The first kappa shape index (κ1) is 19.2. The summed E-state index contributed by atoms with van der Waals surface area (Å²) in [5, 5.41) is 15.3. The number of pyridine rings is 1. The lowest BCUT2D eigenvalue weighted by Gasteiger charge is -2.08. The zero-order chi connectivity index (χ0) is 21.6. The van der Waals surface area contributed by atoms with E-state index < -0.39 is 28.1 Å². The van der Waals surface area contributed by atoms with E-state index in [9.17, 15) is 19.3 Å². The van der Waals surface area contributed by atoms with E-state index in [1.807, 2.05) is 0 Å². The average molecular weight is 411 g/mol. The zero-order valence-electron chi connectivity index (χ0n) is 16.1. The quantitative estimate of drug-likeness (QED) is 0.205. The highest BCUT2D eigenvalue weighted by atomic mass is 19.1. The van der Waals surface area contributed by atoms with E-state index in [-0.39, 0.29) is 11.3 Å². The van der Waals surface area contributed by atoms with Crippen LogP contribution in [0.1, 0.15) is 27.6 Å². The molecule has 0 N–H and O–H groups in total. The van der Waals surface area contributed by atoms with Gasteiger partial charge in [-0.05, 0) is 39.0 Å². The van der Waals surface area contributed by atoms with Crippen molar-refractivity contribution in [2.24, 2.45) is 0 Å². The van der Waals surface area contributed by atoms with E-state index >= 15 is 0 Å². The molecule has 3 aromatic heterocycles. The van der Waals surface area contributed by atoms with E-state index in [1.54, 1.807) is 26.8 Å². The number of esters is 1. The van der Waals surface area contributed by atoms with Gasteiger partial charge in [0, 0.05) is 17.7 Å². The highest BCUT2D eigenvalue weighted by molar-refractivity contribution is 6.05. The molecule has 152 valence electrons. The molecule has 4 aromatic rings. The highest BCUT2D eigenvalue weighted by Crippen LogP contribution is 2.33. The smallest absolute Gasteiger partial charge is 0.344 e. The summed E-state index contributed by atoms with van der Waals surface area (Å²) in [4.78, 5) is 27.8. The first-order chi connectivity index (χ1) is 14.2. The highest BCUT2D eigenvalue weighted by Gasteiger charge is 2.25. The number of nitro groups is 1. The van der Waals surface area contributed by atoms with Gasteiger partial charge < -0.3 is 13.7 Å². The SMILES string of the molecule is Cc1cc(-c2cc(C(=O)Oc3cc(F)ccc3[N+](=O)[O-])c3c(C)noc3n2)c(C)o1. The number of hydrogen-bond acceptors (Lipinski definition) is 8. The van der Waals surface area contributed by atoms with Crippen LogP contribution in [-0.4, -0.2) is 21.0 Å². The van der Waals surface area contributed by atoms with Crippen molar-refractivity contribution in [3.05, 3.63) is 69.0 Å². The van der Waals surface area contributed by atoms with Crippen molar-refractivity contribution >= 4 is 22.8 Å². The Hall–Kier alpha value is -4.08. The van der Waals surface area contributed by atoms with Gasteiger partial charge in [-0.3, -0.25) is 10.1 Å². The molecule has 0 bridgehead atoms. The lowest BCUT2D eigenvalue weighted by atomic mass is 10.1. The van der Waals surface area contributed by atoms with Crippen LogP contribution in [-0.2, 0) is 0 Å². The predicted molar refractivity (Wildman–Crippen MR) is 102 cm³/mol. The van der Waals surface area contributed by atoms with E-state index in [0.717, 1.165) is 18.2 Å². The Kier molecular flexibility index (Phi) is 4.53. The number of aryl methyl sites for hydroxylation is 3. The van der Waals surface area contributed by atoms with Crippen LogP contribution in [0.5, 0.6) is 5.75 Å². The zero-order valence-corrected chi connectivity index (χ0v) is 16.1. The summed E-state index contributed by atoms with van der Waals surface area (Å²) in [6.45, 7) is 5.13. The van der Waals surface area contributed by atoms with Crippen LogP contribution in [0.3, 0.4) is 0 Å². The maximum absolute atomic E-state index is 13.6. The standard InChI is InChI=1S/C20H14FN3O6/c1-9-6-13(11(3)28-9)15-8-14(18-10(2)23-30-19(18)22-15)20(25)29-17-7-12(21)4-5-16(17)24(26)27/h4-8H,1-3H3. The van der Waals surface area contributed by atoms with Crippen molar-refractivity contribution in [1.29, 1.82) is 0 Å². The fraction of sp³-hybridized carbons (Fsp3) is 0.150. The first-order valence-corrected chi connectivity index (χ1v) is 8.75. The van der Waals surface area contributed by atoms with Gasteiger partial charge in [0.2, 0.25) is 5.75 Å². The molecular formula is C20H14FN3O6. The van der Waals surface area contributed by atoms with E-state index in [0.29, 0.717) is 33.9 Å². The normalized spacial score (nSPS) is 11.1. The number of aromatic nitrogens is 2. The second-order valence-corrected chi connectivity index (χ2v) is 6.59. The van der Waals surface area contributed by atoms with Gasteiger partial charge in [0.05, 0.1) is 27.3 Å². The number of halogens is 1. The minimum Gasteiger partial charge on any atom is -0.466 e. The number of nitrogens with zero attached hydrogens (tertiary/aromatic N) is 3. The summed E-state index contributed by atoms with van der Waals surface area (Å²) in [5.41, 5.74) is 0.945. The third-order valence-corrected chi connectivity index (χ3v) is 4.48. The molecule has 0 radical (unpaired) electrons. The summed E-state index contributed by atoms with van der Waals surface area (Å²) in [5.74, 6) is -1.01.